The molecule has 1 aromatic carbocycles. The first-order chi connectivity index (χ1) is 8.47. The number of nitrogens with zero attached hydrogens (tertiary/aromatic N) is 1. The van der Waals surface area contributed by atoms with E-state index in [0.717, 1.165) is 11.8 Å². The van der Waals surface area contributed by atoms with Crippen LogP contribution in [0.2, 0.25) is 0 Å². The summed E-state index contributed by atoms with van der Waals surface area (Å²) in [6.07, 6.45) is 1.73. The van der Waals surface area contributed by atoms with Crippen molar-refractivity contribution in [3.05, 3.63) is 59.7 Å². The summed E-state index contributed by atoms with van der Waals surface area (Å²) in [6.45, 7) is 1.85. The average molecular weight is 246 g/mol. The molecule has 0 fully saturated rings. The first-order valence-corrected chi connectivity index (χ1v) is 5.66. The highest BCUT2D eigenvalue weighted by molar-refractivity contribution is 5.28. The molecule has 0 amide bonds. The normalized spacial score (nSPS) is 14.2. The van der Waals surface area contributed by atoms with Crippen molar-refractivity contribution in [3.63, 3.8) is 0 Å². The molecule has 0 spiro atoms. The van der Waals surface area contributed by atoms with Crippen LogP contribution in [0.3, 0.4) is 0 Å². The fourth-order valence-corrected chi connectivity index (χ4v) is 1.84. The van der Waals surface area contributed by atoms with Crippen molar-refractivity contribution < 1.29 is 9.50 Å². The smallest absolute Gasteiger partial charge is 0.141 e. The van der Waals surface area contributed by atoms with Gasteiger partial charge in [-0.3, -0.25) is 4.98 Å². The van der Waals surface area contributed by atoms with Crippen molar-refractivity contribution in [3.8, 4) is 5.75 Å². The van der Waals surface area contributed by atoms with Gasteiger partial charge in [-0.15, -0.1) is 0 Å². The SMILES string of the molecule is CC(N)(Cc1ccc(O)cc1)c1ccc(F)cn1. The number of hydrogen-bond acceptors (Lipinski definition) is 3. The maximum Gasteiger partial charge on any atom is 0.141 e. The second kappa shape index (κ2) is 4.74. The number of pyridine rings is 1. The number of rotatable bonds is 3. The van der Waals surface area contributed by atoms with Crippen molar-refractivity contribution in [2.45, 2.75) is 18.9 Å². The summed E-state index contributed by atoms with van der Waals surface area (Å²) in [7, 11) is 0. The molecule has 4 heteroatoms. The topological polar surface area (TPSA) is 59.1 Å². The zero-order valence-electron chi connectivity index (χ0n) is 10.1. The van der Waals surface area contributed by atoms with Gasteiger partial charge in [0.25, 0.3) is 0 Å². The molecular weight excluding hydrogens is 231 g/mol. The Hall–Kier alpha value is -1.94. The van der Waals surface area contributed by atoms with Crippen LogP contribution in [0.25, 0.3) is 0 Å². The number of phenols is 1. The molecule has 1 heterocycles. The average Bonchev–Trinajstić information content (AvgIpc) is 2.32. The molecule has 1 unspecified atom stereocenters. The number of halogens is 1. The Morgan fingerprint density at radius 1 is 1.22 bits per heavy atom. The maximum absolute atomic E-state index is 12.8. The van der Waals surface area contributed by atoms with Gasteiger partial charge >= 0.3 is 0 Å². The van der Waals surface area contributed by atoms with E-state index in [0.29, 0.717) is 12.1 Å². The predicted molar refractivity (Wildman–Crippen MR) is 67.5 cm³/mol. The van der Waals surface area contributed by atoms with Crippen molar-refractivity contribution in [1.82, 2.24) is 4.98 Å². The summed E-state index contributed by atoms with van der Waals surface area (Å²) >= 11 is 0. The fraction of sp³-hybridized carbons (Fsp3) is 0.214. The summed E-state index contributed by atoms with van der Waals surface area (Å²) in [5.74, 6) is -0.156. The lowest BCUT2D eigenvalue weighted by atomic mass is 9.90. The molecule has 0 aliphatic rings. The van der Waals surface area contributed by atoms with Crippen molar-refractivity contribution in [2.24, 2.45) is 5.73 Å². The predicted octanol–water partition coefficient (Wildman–Crippen LogP) is 2.34. The fourth-order valence-electron chi connectivity index (χ4n) is 1.84. The molecule has 0 aliphatic heterocycles. The van der Waals surface area contributed by atoms with Gasteiger partial charge in [-0.1, -0.05) is 12.1 Å². The van der Waals surface area contributed by atoms with E-state index in [1.165, 1.54) is 6.07 Å². The van der Waals surface area contributed by atoms with Gasteiger partial charge in [0.15, 0.2) is 0 Å². The first-order valence-electron chi connectivity index (χ1n) is 5.66. The van der Waals surface area contributed by atoms with E-state index >= 15 is 0 Å². The zero-order valence-corrected chi connectivity index (χ0v) is 10.1. The third-order valence-electron chi connectivity index (χ3n) is 2.82. The summed E-state index contributed by atoms with van der Waals surface area (Å²) < 4.78 is 12.8. The van der Waals surface area contributed by atoms with Crippen LogP contribution in [0.15, 0.2) is 42.6 Å². The molecule has 18 heavy (non-hydrogen) atoms. The lowest BCUT2D eigenvalue weighted by Gasteiger charge is -2.24. The van der Waals surface area contributed by atoms with Crippen LogP contribution in [0, 0.1) is 5.82 Å². The van der Waals surface area contributed by atoms with Crippen molar-refractivity contribution in [1.29, 1.82) is 0 Å². The van der Waals surface area contributed by atoms with Gasteiger partial charge in [0, 0.05) is 0 Å². The van der Waals surface area contributed by atoms with E-state index in [4.69, 9.17) is 5.73 Å². The minimum atomic E-state index is -0.676. The molecule has 0 saturated carbocycles. The summed E-state index contributed by atoms with van der Waals surface area (Å²) in [4.78, 5) is 4.01. The van der Waals surface area contributed by atoms with Gasteiger partial charge in [-0.2, -0.15) is 0 Å². The number of nitrogens with two attached hydrogens (primary N) is 1. The third kappa shape index (κ3) is 2.84. The monoisotopic (exact) mass is 246 g/mol. The standard InChI is InChI=1S/C14H15FN2O/c1-14(16,13-7-4-11(15)9-17-13)8-10-2-5-12(18)6-3-10/h2-7,9,18H,8,16H2,1H3. The number of phenolic OH excluding ortho intramolecular Hbond substituents is 1. The minimum Gasteiger partial charge on any atom is -0.508 e. The quantitative estimate of drug-likeness (QED) is 0.874. The van der Waals surface area contributed by atoms with E-state index in [1.54, 1.807) is 18.2 Å². The molecule has 3 nitrogen and oxygen atoms in total. The Bertz CT molecular complexity index is 520. The highest BCUT2D eigenvalue weighted by Crippen LogP contribution is 2.22. The number of aromatic hydroxyl groups is 1. The van der Waals surface area contributed by atoms with E-state index in [1.807, 2.05) is 19.1 Å². The largest absolute Gasteiger partial charge is 0.508 e. The zero-order chi connectivity index (χ0) is 13.2. The number of aromatic nitrogens is 1. The van der Waals surface area contributed by atoms with E-state index < -0.39 is 5.54 Å². The molecule has 0 aliphatic carbocycles. The van der Waals surface area contributed by atoms with Crippen molar-refractivity contribution >= 4 is 0 Å². The van der Waals surface area contributed by atoms with Crippen LogP contribution in [0.5, 0.6) is 5.75 Å². The third-order valence-corrected chi connectivity index (χ3v) is 2.82. The summed E-state index contributed by atoms with van der Waals surface area (Å²) in [5, 5.41) is 9.22. The van der Waals surface area contributed by atoms with Gasteiger partial charge in [0.05, 0.1) is 17.4 Å². The molecule has 1 aromatic heterocycles. The Morgan fingerprint density at radius 2 is 1.89 bits per heavy atom. The van der Waals surface area contributed by atoms with Gasteiger partial charge in [0.2, 0.25) is 0 Å². The molecule has 2 rings (SSSR count). The van der Waals surface area contributed by atoms with Gasteiger partial charge < -0.3 is 10.8 Å². The Balaban J connectivity index is 2.20. The van der Waals surface area contributed by atoms with E-state index in [-0.39, 0.29) is 11.6 Å². The first kappa shape index (κ1) is 12.5. The Labute approximate surface area is 105 Å². The molecular formula is C14H15FN2O. The lowest BCUT2D eigenvalue weighted by Crippen LogP contribution is -2.36. The summed E-state index contributed by atoms with van der Waals surface area (Å²) in [6, 6.07) is 9.79. The highest BCUT2D eigenvalue weighted by atomic mass is 19.1. The van der Waals surface area contributed by atoms with Crippen LogP contribution in [-0.2, 0) is 12.0 Å². The maximum atomic E-state index is 12.8. The Kier molecular flexibility index (Phi) is 3.30. The molecule has 3 N–H and O–H groups in total. The lowest BCUT2D eigenvalue weighted by molar-refractivity contribution is 0.466. The van der Waals surface area contributed by atoms with Crippen LogP contribution >= 0.6 is 0 Å². The van der Waals surface area contributed by atoms with E-state index in [9.17, 15) is 9.50 Å². The van der Waals surface area contributed by atoms with Crippen LogP contribution < -0.4 is 5.73 Å². The molecule has 0 saturated heterocycles. The number of hydrogen-bond donors (Lipinski definition) is 2. The Morgan fingerprint density at radius 3 is 2.44 bits per heavy atom. The molecule has 2 aromatic rings. The molecule has 1 atom stereocenters. The van der Waals surface area contributed by atoms with E-state index in [2.05, 4.69) is 4.98 Å². The summed E-state index contributed by atoms with van der Waals surface area (Å²) in [5.41, 5.74) is 7.16. The van der Waals surface area contributed by atoms with Gasteiger partial charge in [0.1, 0.15) is 11.6 Å². The highest BCUT2D eigenvalue weighted by Gasteiger charge is 2.23. The van der Waals surface area contributed by atoms with Gasteiger partial charge in [-0.25, -0.2) is 4.39 Å². The second-order valence-corrected chi connectivity index (χ2v) is 4.62. The van der Waals surface area contributed by atoms with Crippen LogP contribution in [0.1, 0.15) is 18.2 Å². The minimum absolute atomic E-state index is 0.220. The van der Waals surface area contributed by atoms with Gasteiger partial charge in [-0.05, 0) is 43.2 Å². The van der Waals surface area contributed by atoms with Crippen LogP contribution in [-0.4, -0.2) is 10.1 Å². The second-order valence-electron chi connectivity index (χ2n) is 4.62. The molecule has 0 radical (unpaired) electrons. The van der Waals surface area contributed by atoms with Crippen LogP contribution in [0.4, 0.5) is 4.39 Å². The molecule has 94 valence electrons. The van der Waals surface area contributed by atoms with Crippen molar-refractivity contribution in [2.75, 3.05) is 0 Å². The number of benzene rings is 1. The molecule has 0 bridgehead atoms.